The number of aryl methyl sites for hydroxylation is 3. The molecule has 4 heteroatoms. The fourth-order valence-electron chi connectivity index (χ4n) is 4.44. The molecular formula is C36H54N2O2. The lowest BCUT2D eigenvalue weighted by Crippen LogP contribution is -2.29. The van der Waals surface area contributed by atoms with Crippen LogP contribution in [0.25, 0.3) is 0 Å². The molecule has 0 aromatic heterocycles. The van der Waals surface area contributed by atoms with Gasteiger partial charge in [0.05, 0.1) is 0 Å². The third-order valence-electron chi connectivity index (χ3n) is 6.67. The largest absolute Gasteiger partial charge is 0.392 e. The lowest BCUT2D eigenvalue weighted by molar-refractivity contribution is -0.191. The summed E-state index contributed by atoms with van der Waals surface area (Å²) in [5.74, 6) is 0. The van der Waals surface area contributed by atoms with Crippen molar-refractivity contribution in [1.82, 2.24) is 10.2 Å². The molecular weight excluding hydrogens is 492 g/mol. The van der Waals surface area contributed by atoms with Gasteiger partial charge in [-0.25, -0.2) is 0 Å². The van der Waals surface area contributed by atoms with Crippen molar-refractivity contribution in [2.24, 2.45) is 0 Å². The zero-order valence-electron chi connectivity index (χ0n) is 25.7. The Kier molecular flexibility index (Phi) is 23.7. The van der Waals surface area contributed by atoms with Crippen molar-refractivity contribution in [3.63, 3.8) is 0 Å². The molecule has 0 heterocycles. The van der Waals surface area contributed by atoms with Crippen LogP contribution < -0.4 is 5.32 Å². The van der Waals surface area contributed by atoms with E-state index in [0.717, 1.165) is 31.5 Å². The highest BCUT2D eigenvalue weighted by molar-refractivity contribution is 5.24. The monoisotopic (exact) mass is 546 g/mol. The zero-order valence-corrected chi connectivity index (χ0v) is 25.7. The molecule has 0 bridgehead atoms. The van der Waals surface area contributed by atoms with Gasteiger partial charge >= 0.3 is 6.15 Å². The average molecular weight is 547 g/mol. The fourth-order valence-corrected chi connectivity index (χ4v) is 4.44. The second-order valence-corrected chi connectivity index (χ2v) is 10.1. The Morgan fingerprint density at radius 3 is 2.15 bits per heavy atom. The first-order chi connectivity index (χ1) is 19.4. The first-order valence-electron chi connectivity index (χ1n) is 14.9. The summed E-state index contributed by atoms with van der Waals surface area (Å²) in [5, 5.41) is 3.13. The molecule has 1 N–H and O–H groups in total. The first kappa shape index (κ1) is 36.6. The van der Waals surface area contributed by atoms with Gasteiger partial charge in [-0.05, 0) is 69.2 Å². The molecule has 0 spiro atoms. The molecule has 1 unspecified atom stereocenters. The van der Waals surface area contributed by atoms with Gasteiger partial charge in [-0.3, -0.25) is 0 Å². The normalized spacial score (nSPS) is 10.8. The van der Waals surface area contributed by atoms with Crippen LogP contribution in [0.4, 0.5) is 0 Å². The molecule has 0 saturated heterocycles. The second kappa shape index (κ2) is 25.9. The molecule has 0 aliphatic rings. The van der Waals surface area contributed by atoms with Gasteiger partial charge in [0.1, 0.15) is 0 Å². The number of allylic oxidation sites excluding steroid dienone is 2. The quantitative estimate of drug-likeness (QED) is 0.150. The number of rotatable bonds is 18. The summed E-state index contributed by atoms with van der Waals surface area (Å²) in [6, 6.07) is 19.8. The van der Waals surface area contributed by atoms with Crippen LogP contribution in [0, 0.1) is 6.92 Å². The number of hydrogen-bond acceptors (Lipinski definition) is 4. The summed E-state index contributed by atoms with van der Waals surface area (Å²) in [6.07, 6.45) is 20.2. The molecule has 40 heavy (non-hydrogen) atoms. The second-order valence-electron chi connectivity index (χ2n) is 10.1. The topological polar surface area (TPSA) is 49.4 Å². The molecule has 1 atom stereocenters. The van der Waals surface area contributed by atoms with Gasteiger partial charge < -0.3 is 10.2 Å². The summed E-state index contributed by atoms with van der Waals surface area (Å²) in [7, 11) is 1.95. The Morgan fingerprint density at radius 2 is 1.60 bits per heavy atom. The molecule has 0 saturated carbocycles. The SMILES string of the molecule is C=CN(CCCCCCC(=C)NC)C(/C=C/CCc1cccc(CCC)c1)CCC.Cc1ccccc1.O=C=O. The summed E-state index contributed by atoms with van der Waals surface area (Å²) < 4.78 is 0. The number of carbonyl (C=O) groups excluding carboxylic acids is 2. The van der Waals surface area contributed by atoms with Gasteiger partial charge in [0, 0.05) is 25.3 Å². The lowest BCUT2D eigenvalue weighted by atomic mass is 10.0. The Balaban J connectivity index is 0.00000127. The van der Waals surface area contributed by atoms with E-state index in [1.54, 1.807) is 0 Å². The molecule has 0 aliphatic heterocycles. The first-order valence-corrected chi connectivity index (χ1v) is 14.9. The van der Waals surface area contributed by atoms with Gasteiger partial charge in [-0.1, -0.05) is 125 Å². The van der Waals surface area contributed by atoms with Crippen LogP contribution >= 0.6 is 0 Å². The summed E-state index contributed by atoms with van der Waals surface area (Å²) in [6.45, 7) is 15.8. The van der Waals surface area contributed by atoms with Gasteiger partial charge in [0.15, 0.2) is 0 Å². The number of hydrogen-bond donors (Lipinski definition) is 1. The molecule has 4 nitrogen and oxygen atoms in total. The molecule has 2 aromatic rings. The maximum atomic E-state index is 8.12. The molecule has 0 fully saturated rings. The molecule has 220 valence electrons. The fraction of sp³-hybridized carbons (Fsp3) is 0.472. The summed E-state index contributed by atoms with van der Waals surface area (Å²) in [4.78, 5) is 18.7. The van der Waals surface area contributed by atoms with Crippen molar-refractivity contribution < 1.29 is 9.59 Å². The Bertz CT molecular complexity index is 962. The summed E-state index contributed by atoms with van der Waals surface area (Å²) in [5.41, 5.74) is 5.39. The highest BCUT2D eigenvalue weighted by Crippen LogP contribution is 2.15. The minimum Gasteiger partial charge on any atom is -0.392 e. The molecule has 2 rings (SSSR count). The zero-order chi connectivity index (χ0) is 29.8. The number of benzene rings is 2. The third kappa shape index (κ3) is 19.7. The minimum absolute atomic E-state index is 0.250. The lowest BCUT2D eigenvalue weighted by Gasteiger charge is -2.28. The van der Waals surface area contributed by atoms with E-state index in [2.05, 4.69) is 92.7 Å². The predicted octanol–water partition coefficient (Wildman–Crippen LogP) is 8.84. The third-order valence-corrected chi connectivity index (χ3v) is 6.67. The minimum atomic E-state index is 0.250. The van der Waals surface area contributed by atoms with Crippen LogP contribution in [-0.4, -0.2) is 30.7 Å². The van der Waals surface area contributed by atoms with Crippen LogP contribution in [0.5, 0.6) is 0 Å². The van der Waals surface area contributed by atoms with Crippen molar-refractivity contribution in [1.29, 1.82) is 0 Å². The number of nitrogens with one attached hydrogen (secondary N) is 1. The van der Waals surface area contributed by atoms with E-state index in [1.807, 2.05) is 31.4 Å². The van der Waals surface area contributed by atoms with E-state index in [9.17, 15) is 0 Å². The van der Waals surface area contributed by atoms with Gasteiger partial charge in [0.25, 0.3) is 0 Å². The van der Waals surface area contributed by atoms with Crippen molar-refractivity contribution in [2.45, 2.75) is 97.4 Å². The van der Waals surface area contributed by atoms with Crippen LogP contribution in [-0.2, 0) is 22.4 Å². The Morgan fingerprint density at radius 1 is 0.950 bits per heavy atom. The van der Waals surface area contributed by atoms with Crippen LogP contribution in [0.3, 0.4) is 0 Å². The molecule has 0 amide bonds. The highest BCUT2D eigenvalue weighted by atomic mass is 16.2. The molecule has 0 radical (unpaired) electrons. The van der Waals surface area contributed by atoms with E-state index in [0.29, 0.717) is 6.04 Å². The van der Waals surface area contributed by atoms with E-state index >= 15 is 0 Å². The number of unbranched alkanes of at least 4 members (excludes halogenated alkanes) is 3. The van der Waals surface area contributed by atoms with Crippen LogP contribution in [0.15, 0.2) is 91.8 Å². The number of nitrogens with zero attached hydrogens (tertiary/aromatic N) is 1. The molecule has 2 aromatic carbocycles. The molecule has 0 aliphatic carbocycles. The summed E-state index contributed by atoms with van der Waals surface area (Å²) >= 11 is 0. The standard InChI is InChI=1S/C28H46N2.C7H8.CO2/c1-6-16-26-20-15-21-27(24-26)19-12-13-22-28(17-7-2)30(8-3)23-14-10-9-11-18-25(4)29-5;1-7-5-3-2-4-6-7;2-1-3/h8,13,15,20-22,24,28-29H,3-4,6-7,9-12,14,16-19,23H2,1-2,5H3;2-6H,1H3;/b22-13+;;. The van der Waals surface area contributed by atoms with Gasteiger partial charge in [-0.2, -0.15) is 9.59 Å². The Labute approximate surface area is 245 Å². The van der Waals surface area contributed by atoms with Crippen molar-refractivity contribution >= 4 is 6.15 Å². The van der Waals surface area contributed by atoms with Crippen LogP contribution in [0.1, 0.15) is 88.3 Å². The maximum absolute atomic E-state index is 8.12. The van der Waals surface area contributed by atoms with E-state index in [-0.39, 0.29) is 6.15 Å². The Hall–Kier alpha value is -3.36. The van der Waals surface area contributed by atoms with E-state index < -0.39 is 0 Å². The predicted molar refractivity (Wildman–Crippen MR) is 171 cm³/mol. The average Bonchev–Trinajstić information content (AvgIpc) is 2.96. The van der Waals surface area contributed by atoms with E-state index in [4.69, 9.17) is 9.59 Å². The van der Waals surface area contributed by atoms with Gasteiger partial charge in [-0.15, -0.1) is 0 Å². The van der Waals surface area contributed by atoms with Gasteiger partial charge in [0.2, 0.25) is 0 Å². The van der Waals surface area contributed by atoms with E-state index in [1.165, 1.54) is 68.1 Å². The van der Waals surface area contributed by atoms with Crippen LogP contribution in [0.2, 0.25) is 0 Å². The van der Waals surface area contributed by atoms with Crippen molar-refractivity contribution in [2.75, 3.05) is 13.6 Å². The smallest absolute Gasteiger partial charge is 0.373 e. The highest BCUT2D eigenvalue weighted by Gasteiger charge is 2.10. The maximum Gasteiger partial charge on any atom is 0.373 e. The van der Waals surface area contributed by atoms with Crippen molar-refractivity contribution in [3.8, 4) is 0 Å². The van der Waals surface area contributed by atoms with Crippen molar-refractivity contribution in [3.05, 3.63) is 108 Å².